The van der Waals surface area contributed by atoms with Crippen molar-refractivity contribution >= 4 is 11.9 Å². The summed E-state index contributed by atoms with van der Waals surface area (Å²) >= 11 is 0. The van der Waals surface area contributed by atoms with Gasteiger partial charge in [-0.15, -0.1) is 0 Å². The second kappa shape index (κ2) is 8.68. The predicted molar refractivity (Wildman–Crippen MR) is 102 cm³/mol. The van der Waals surface area contributed by atoms with E-state index in [1.54, 1.807) is 0 Å². The highest BCUT2D eigenvalue weighted by Crippen LogP contribution is 2.24. The molecule has 2 aromatic rings. The van der Waals surface area contributed by atoms with Gasteiger partial charge in [0.1, 0.15) is 12.4 Å². The average molecular weight is 368 g/mol. The van der Waals surface area contributed by atoms with E-state index in [1.807, 2.05) is 24.3 Å². The third-order valence-electron chi connectivity index (χ3n) is 4.73. The average Bonchev–Trinajstić information content (AvgIpc) is 3.00. The van der Waals surface area contributed by atoms with Gasteiger partial charge in [0.15, 0.2) is 0 Å². The van der Waals surface area contributed by atoms with E-state index in [2.05, 4.69) is 29.6 Å². The summed E-state index contributed by atoms with van der Waals surface area (Å²) in [7, 11) is 0. The Morgan fingerprint density at radius 3 is 2.33 bits per heavy atom. The fourth-order valence-electron chi connectivity index (χ4n) is 3.30. The highest BCUT2D eigenvalue weighted by atomic mass is 16.5. The Hall–Kier alpha value is -2.86. The quantitative estimate of drug-likeness (QED) is 0.663. The van der Waals surface area contributed by atoms with Crippen LogP contribution >= 0.6 is 0 Å². The van der Waals surface area contributed by atoms with E-state index in [1.165, 1.54) is 5.56 Å². The number of nitrogens with one attached hydrogen (secondary N) is 1. The molecule has 0 aliphatic carbocycles. The SMILES string of the molecule is NCCc1ccc(-c2ccc(OC[C@@H]3C[C@@H](CC(=O)O)C(=O)N3)cc2)cc1. The number of rotatable bonds is 8. The second-order valence-electron chi connectivity index (χ2n) is 6.81. The number of carboxylic acid groups (broad SMARTS) is 1. The molecule has 1 aliphatic heterocycles. The molecule has 4 N–H and O–H groups in total. The number of aliphatic carboxylic acids is 1. The van der Waals surface area contributed by atoms with E-state index in [0.29, 0.717) is 19.6 Å². The van der Waals surface area contributed by atoms with Crippen molar-refractivity contribution in [3.63, 3.8) is 0 Å². The van der Waals surface area contributed by atoms with Gasteiger partial charge in [-0.3, -0.25) is 9.59 Å². The van der Waals surface area contributed by atoms with Crippen molar-refractivity contribution in [1.29, 1.82) is 0 Å². The van der Waals surface area contributed by atoms with E-state index in [9.17, 15) is 9.59 Å². The van der Waals surface area contributed by atoms with E-state index >= 15 is 0 Å². The molecule has 2 atom stereocenters. The molecule has 6 heteroatoms. The highest BCUT2D eigenvalue weighted by molar-refractivity contribution is 5.85. The molecule has 2 aromatic carbocycles. The molecular weight excluding hydrogens is 344 g/mol. The number of carbonyl (C=O) groups is 2. The van der Waals surface area contributed by atoms with Gasteiger partial charge >= 0.3 is 5.97 Å². The Kier molecular flexibility index (Phi) is 6.08. The largest absolute Gasteiger partial charge is 0.491 e. The van der Waals surface area contributed by atoms with E-state index in [-0.39, 0.29) is 18.4 Å². The topological polar surface area (TPSA) is 102 Å². The molecule has 0 unspecified atom stereocenters. The van der Waals surface area contributed by atoms with Crippen LogP contribution in [0.5, 0.6) is 5.75 Å². The summed E-state index contributed by atoms with van der Waals surface area (Å²) in [5.74, 6) is -0.919. The van der Waals surface area contributed by atoms with Crippen LogP contribution < -0.4 is 15.8 Å². The van der Waals surface area contributed by atoms with Gasteiger partial charge in [0.2, 0.25) is 5.91 Å². The maximum atomic E-state index is 11.8. The van der Waals surface area contributed by atoms with Crippen LogP contribution in [0.25, 0.3) is 11.1 Å². The van der Waals surface area contributed by atoms with E-state index in [4.69, 9.17) is 15.6 Å². The molecule has 1 saturated heterocycles. The Labute approximate surface area is 158 Å². The molecule has 0 spiro atoms. The Balaban J connectivity index is 1.54. The van der Waals surface area contributed by atoms with Gasteiger partial charge in [-0.25, -0.2) is 0 Å². The Morgan fingerprint density at radius 1 is 1.11 bits per heavy atom. The molecule has 142 valence electrons. The van der Waals surface area contributed by atoms with Crippen LogP contribution in [0.1, 0.15) is 18.4 Å². The minimum absolute atomic E-state index is 0.138. The first kappa shape index (κ1) is 18.9. The van der Waals surface area contributed by atoms with E-state index in [0.717, 1.165) is 23.3 Å². The molecule has 1 aliphatic rings. The number of amides is 1. The van der Waals surface area contributed by atoms with Crippen LogP contribution in [0, 0.1) is 5.92 Å². The van der Waals surface area contributed by atoms with Crippen molar-refractivity contribution in [1.82, 2.24) is 5.32 Å². The maximum Gasteiger partial charge on any atom is 0.304 e. The number of hydrogen-bond acceptors (Lipinski definition) is 4. The molecule has 0 radical (unpaired) electrons. The molecule has 1 fully saturated rings. The first-order valence-corrected chi connectivity index (χ1v) is 9.09. The zero-order valence-electron chi connectivity index (χ0n) is 15.1. The van der Waals surface area contributed by atoms with Crippen LogP contribution in [0.3, 0.4) is 0 Å². The molecule has 27 heavy (non-hydrogen) atoms. The molecule has 0 aromatic heterocycles. The van der Waals surface area contributed by atoms with Gasteiger partial charge in [-0.05, 0) is 48.2 Å². The number of hydrogen-bond donors (Lipinski definition) is 3. The van der Waals surface area contributed by atoms with Crippen LogP contribution in [0.4, 0.5) is 0 Å². The van der Waals surface area contributed by atoms with Gasteiger partial charge in [0, 0.05) is 0 Å². The summed E-state index contributed by atoms with van der Waals surface area (Å²) in [6.07, 6.45) is 1.22. The number of nitrogens with two attached hydrogens (primary N) is 1. The summed E-state index contributed by atoms with van der Waals surface area (Å²) in [5, 5.41) is 11.6. The fourth-order valence-corrected chi connectivity index (χ4v) is 3.30. The fraction of sp³-hybridized carbons (Fsp3) is 0.333. The van der Waals surface area contributed by atoms with Gasteiger partial charge in [0.05, 0.1) is 18.4 Å². The lowest BCUT2D eigenvalue weighted by Crippen LogP contribution is -2.31. The number of carboxylic acids is 1. The van der Waals surface area contributed by atoms with Gasteiger partial charge < -0.3 is 20.9 Å². The lowest BCUT2D eigenvalue weighted by atomic mass is 10.0. The van der Waals surface area contributed by atoms with Crippen LogP contribution in [0.15, 0.2) is 48.5 Å². The Bertz CT molecular complexity index is 787. The first-order valence-electron chi connectivity index (χ1n) is 9.09. The zero-order valence-corrected chi connectivity index (χ0v) is 15.1. The predicted octanol–water partition coefficient (Wildman–Crippen LogP) is 2.21. The van der Waals surface area contributed by atoms with E-state index < -0.39 is 11.9 Å². The second-order valence-corrected chi connectivity index (χ2v) is 6.81. The molecule has 1 heterocycles. The summed E-state index contributed by atoms with van der Waals surface area (Å²) in [5.41, 5.74) is 9.02. The molecule has 0 bridgehead atoms. The molecule has 6 nitrogen and oxygen atoms in total. The molecular formula is C21H24N2O4. The van der Waals surface area contributed by atoms with Gasteiger partial charge in [-0.1, -0.05) is 36.4 Å². The van der Waals surface area contributed by atoms with Gasteiger partial charge in [-0.2, -0.15) is 0 Å². The van der Waals surface area contributed by atoms with Crippen LogP contribution in [-0.2, 0) is 16.0 Å². The number of carbonyl (C=O) groups excluding carboxylic acids is 1. The summed E-state index contributed by atoms with van der Waals surface area (Å²) in [4.78, 5) is 22.5. The van der Waals surface area contributed by atoms with Crippen molar-refractivity contribution in [3.05, 3.63) is 54.1 Å². The summed E-state index contributed by atoms with van der Waals surface area (Å²) in [6, 6.07) is 16.0. The first-order chi connectivity index (χ1) is 13.0. The monoisotopic (exact) mass is 368 g/mol. The van der Waals surface area contributed by atoms with Crippen LogP contribution in [-0.4, -0.2) is 36.2 Å². The van der Waals surface area contributed by atoms with Crippen molar-refractivity contribution < 1.29 is 19.4 Å². The van der Waals surface area contributed by atoms with Gasteiger partial charge in [0.25, 0.3) is 0 Å². The third kappa shape index (κ3) is 5.08. The minimum atomic E-state index is -0.955. The van der Waals surface area contributed by atoms with Crippen molar-refractivity contribution in [2.45, 2.75) is 25.3 Å². The Morgan fingerprint density at radius 2 is 1.74 bits per heavy atom. The third-order valence-corrected chi connectivity index (χ3v) is 4.73. The van der Waals surface area contributed by atoms with Crippen LogP contribution in [0.2, 0.25) is 0 Å². The summed E-state index contributed by atoms with van der Waals surface area (Å²) < 4.78 is 5.76. The lowest BCUT2D eigenvalue weighted by Gasteiger charge is -2.12. The molecule has 0 saturated carbocycles. The smallest absolute Gasteiger partial charge is 0.304 e. The number of benzene rings is 2. The molecule has 1 amide bonds. The lowest BCUT2D eigenvalue weighted by molar-refractivity contribution is -0.140. The standard InChI is InChI=1S/C21H24N2O4/c22-10-9-14-1-3-15(4-2-14)16-5-7-19(8-6-16)27-13-18-11-17(12-20(24)25)21(26)23-18/h1-8,17-18H,9-13,22H2,(H,23,26)(H,24,25)/t17-,18-/m0/s1. The minimum Gasteiger partial charge on any atom is -0.491 e. The maximum absolute atomic E-state index is 11.8. The van der Waals surface area contributed by atoms with Crippen molar-refractivity contribution in [3.8, 4) is 16.9 Å². The van der Waals surface area contributed by atoms with Crippen molar-refractivity contribution in [2.24, 2.45) is 11.7 Å². The zero-order chi connectivity index (χ0) is 19.2. The normalized spacial score (nSPS) is 18.9. The number of ether oxygens (including phenoxy) is 1. The molecule has 3 rings (SSSR count). The summed E-state index contributed by atoms with van der Waals surface area (Å²) in [6.45, 7) is 0.971. The van der Waals surface area contributed by atoms with Crippen molar-refractivity contribution in [2.75, 3.05) is 13.2 Å². The highest BCUT2D eigenvalue weighted by Gasteiger charge is 2.33.